The van der Waals surface area contributed by atoms with Crippen LogP contribution in [0.3, 0.4) is 0 Å². The number of nitrogens with zero attached hydrogens (tertiary/aromatic N) is 1. The average molecular weight is 410 g/mol. The summed E-state index contributed by atoms with van der Waals surface area (Å²) in [6.45, 7) is 7.48. The van der Waals surface area contributed by atoms with Crippen LogP contribution in [0.5, 0.6) is 5.75 Å². The smallest absolute Gasteiger partial charge is 0.471 e. The molecule has 0 saturated heterocycles. The van der Waals surface area contributed by atoms with E-state index in [4.69, 9.17) is 4.43 Å². The summed E-state index contributed by atoms with van der Waals surface area (Å²) in [6, 6.07) is 15.5. The standard InChI is InChI=1S/C21H26F3NO2Si/c1-16(14-17-10-6-5-7-11-17)25(20(26)21(22,23)24)15-18-12-8-9-13-19(18)27-28(2,3)4/h5-13,16H,14-15H2,1-4H3. The van der Waals surface area contributed by atoms with Gasteiger partial charge in [0.1, 0.15) is 5.75 Å². The second-order valence-corrected chi connectivity index (χ2v) is 12.2. The highest BCUT2D eigenvalue weighted by Gasteiger charge is 2.44. The average Bonchev–Trinajstić information content (AvgIpc) is 2.59. The lowest BCUT2D eigenvalue weighted by atomic mass is 10.0. The van der Waals surface area contributed by atoms with Gasteiger partial charge >= 0.3 is 12.1 Å². The SMILES string of the molecule is CC(Cc1ccccc1)N(Cc1ccccc1O[Si](C)(C)C)C(=O)C(F)(F)F. The summed E-state index contributed by atoms with van der Waals surface area (Å²) in [5.41, 5.74) is 1.45. The summed E-state index contributed by atoms with van der Waals surface area (Å²) >= 11 is 0. The van der Waals surface area contributed by atoms with E-state index < -0.39 is 26.4 Å². The van der Waals surface area contributed by atoms with Crippen molar-refractivity contribution in [3.8, 4) is 5.75 Å². The molecule has 1 unspecified atom stereocenters. The van der Waals surface area contributed by atoms with E-state index in [1.54, 1.807) is 31.2 Å². The molecule has 1 amide bonds. The van der Waals surface area contributed by atoms with Gasteiger partial charge in [0.2, 0.25) is 8.32 Å². The molecule has 0 aromatic heterocycles. The van der Waals surface area contributed by atoms with Gasteiger partial charge in [-0.05, 0) is 44.6 Å². The Morgan fingerprint density at radius 2 is 1.61 bits per heavy atom. The van der Waals surface area contributed by atoms with Crippen LogP contribution in [0, 0.1) is 0 Å². The van der Waals surface area contributed by atoms with Crippen molar-refractivity contribution in [1.29, 1.82) is 0 Å². The highest BCUT2D eigenvalue weighted by molar-refractivity contribution is 6.70. The second kappa shape index (κ2) is 8.81. The monoisotopic (exact) mass is 409 g/mol. The van der Waals surface area contributed by atoms with Gasteiger partial charge in [-0.1, -0.05) is 48.5 Å². The number of halogens is 3. The maximum absolute atomic E-state index is 13.3. The highest BCUT2D eigenvalue weighted by Crippen LogP contribution is 2.27. The van der Waals surface area contributed by atoms with Crippen molar-refractivity contribution in [2.45, 2.75) is 51.7 Å². The zero-order valence-corrected chi connectivity index (χ0v) is 17.6. The molecular weight excluding hydrogens is 383 g/mol. The zero-order valence-electron chi connectivity index (χ0n) is 16.6. The first kappa shape index (κ1) is 22.0. The molecule has 152 valence electrons. The van der Waals surface area contributed by atoms with E-state index in [0.29, 0.717) is 17.7 Å². The van der Waals surface area contributed by atoms with Crippen LogP contribution in [0.1, 0.15) is 18.1 Å². The fourth-order valence-electron chi connectivity index (χ4n) is 2.90. The first-order chi connectivity index (χ1) is 13.0. The minimum absolute atomic E-state index is 0.160. The predicted molar refractivity (Wildman–Crippen MR) is 107 cm³/mol. The lowest BCUT2D eigenvalue weighted by molar-refractivity contribution is -0.188. The number of carbonyl (C=O) groups excluding carboxylic acids is 1. The molecule has 0 spiro atoms. The predicted octanol–water partition coefficient (Wildman–Crippen LogP) is 5.42. The molecule has 0 aliphatic heterocycles. The molecule has 3 nitrogen and oxygen atoms in total. The van der Waals surface area contributed by atoms with Crippen LogP contribution >= 0.6 is 0 Å². The summed E-state index contributed by atoms with van der Waals surface area (Å²) in [5, 5.41) is 0. The molecule has 2 aromatic carbocycles. The van der Waals surface area contributed by atoms with E-state index in [2.05, 4.69) is 0 Å². The number of carbonyl (C=O) groups is 1. The molecule has 2 rings (SSSR count). The third-order valence-corrected chi connectivity index (χ3v) is 4.97. The Morgan fingerprint density at radius 3 is 2.18 bits per heavy atom. The van der Waals surface area contributed by atoms with Gasteiger partial charge in [-0.25, -0.2) is 0 Å². The van der Waals surface area contributed by atoms with E-state index in [1.807, 2.05) is 50.0 Å². The molecule has 7 heteroatoms. The van der Waals surface area contributed by atoms with E-state index in [-0.39, 0.29) is 6.54 Å². The molecule has 1 atom stereocenters. The van der Waals surface area contributed by atoms with E-state index in [0.717, 1.165) is 10.5 Å². The molecule has 0 saturated carbocycles. The minimum atomic E-state index is -4.93. The van der Waals surface area contributed by atoms with Gasteiger partial charge in [0.25, 0.3) is 0 Å². The Labute approximate surface area is 165 Å². The summed E-state index contributed by atoms with van der Waals surface area (Å²) in [6.07, 6.45) is -4.60. The number of hydrogen-bond donors (Lipinski definition) is 0. The number of rotatable bonds is 7. The van der Waals surface area contributed by atoms with Crippen LogP contribution in [0.25, 0.3) is 0 Å². The van der Waals surface area contributed by atoms with Gasteiger partial charge in [-0.15, -0.1) is 0 Å². The van der Waals surface area contributed by atoms with Crippen molar-refractivity contribution in [2.24, 2.45) is 0 Å². The van der Waals surface area contributed by atoms with E-state index in [1.165, 1.54) is 0 Å². The van der Waals surface area contributed by atoms with Gasteiger partial charge in [-0.2, -0.15) is 13.2 Å². The van der Waals surface area contributed by atoms with E-state index >= 15 is 0 Å². The van der Waals surface area contributed by atoms with Gasteiger partial charge in [0.05, 0.1) is 0 Å². The summed E-state index contributed by atoms with van der Waals surface area (Å²) < 4.78 is 45.8. The van der Waals surface area contributed by atoms with Crippen LogP contribution in [0.15, 0.2) is 54.6 Å². The van der Waals surface area contributed by atoms with Crippen LogP contribution in [0.2, 0.25) is 19.6 Å². The summed E-state index contributed by atoms with van der Waals surface area (Å²) in [7, 11) is -1.96. The highest BCUT2D eigenvalue weighted by atomic mass is 28.4. The lowest BCUT2D eigenvalue weighted by Crippen LogP contribution is -2.46. The Balaban J connectivity index is 2.32. The Kier molecular flexibility index (Phi) is 6.93. The molecule has 2 aromatic rings. The topological polar surface area (TPSA) is 29.5 Å². The number of benzene rings is 2. The van der Waals surface area contributed by atoms with Gasteiger partial charge in [-0.3, -0.25) is 4.79 Å². The molecule has 28 heavy (non-hydrogen) atoms. The van der Waals surface area contributed by atoms with Crippen LogP contribution < -0.4 is 4.43 Å². The van der Waals surface area contributed by atoms with Crippen LogP contribution in [0.4, 0.5) is 13.2 Å². The summed E-state index contributed by atoms with van der Waals surface area (Å²) in [4.78, 5) is 13.1. The Bertz CT molecular complexity index is 788. The van der Waals surface area contributed by atoms with Crippen molar-refractivity contribution in [3.05, 3.63) is 65.7 Å². The zero-order chi connectivity index (χ0) is 20.9. The fraction of sp³-hybridized carbons (Fsp3) is 0.381. The summed E-state index contributed by atoms with van der Waals surface area (Å²) in [5.74, 6) is -1.30. The van der Waals surface area contributed by atoms with Gasteiger partial charge in [0, 0.05) is 18.2 Å². The Morgan fingerprint density at radius 1 is 1.04 bits per heavy atom. The molecule has 0 bridgehead atoms. The normalized spacial score (nSPS) is 13.1. The van der Waals surface area contributed by atoms with Crippen molar-refractivity contribution in [2.75, 3.05) is 0 Å². The van der Waals surface area contributed by atoms with Gasteiger partial charge in [0.15, 0.2) is 0 Å². The maximum atomic E-state index is 13.3. The number of amides is 1. The third kappa shape index (κ3) is 6.40. The first-order valence-corrected chi connectivity index (χ1v) is 12.6. The fourth-order valence-corrected chi connectivity index (χ4v) is 3.76. The molecular formula is C21H26F3NO2Si. The minimum Gasteiger partial charge on any atom is -0.544 e. The molecule has 0 radical (unpaired) electrons. The van der Waals surface area contributed by atoms with Crippen LogP contribution in [-0.2, 0) is 17.8 Å². The van der Waals surface area contributed by atoms with Crippen molar-refractivity contribution < 1.29 is 22.4 Å². The molecule has 0 heterocycles. The van der Waals surface area contributed by atoms with E-state index in [9.17, 15) is 18.0 Å². The molecule has 0 aliphatic carbocycles. The van der Waals surface area contributed by atoms with Crippen molar-refractivity contribution in [1.82, 2.24) is 4.90 Å². The quantitative estimate of drug-likeness (QED) is 0.571. The molecule has 0 aliphatic rings. The number of hydrogen-bond acceptors (Lipinski definition) is 2. The van der Waals surface area contributed by atoms with Crippen molar-refractivity contribution in [3.63, 3.8) is 0 Å². The number of para-hydroxylation sites is 1. The molecule has 0 fully saturated rings. The largest absolute Gasteiger partial charge is 0.544 e. The lowest BCUT2D eigenvalue weighted by Gasteiger charge is -2.31. The van der Waals surface area contributed by atoms with Crippen molar-refractivity contribution >= 4 is 14.2 Å². The first-order valence-electron chi connectivity index (χ1n) is 9.16. The maximum Gasteiger partial charge on any atom is 0.471 e. The number of alkyl halides is 3. The Hall–Kier alpha value is -2.28. The molecule has 0 N–H and O–H groups in total. The third-order valence-electron chi connectivity index (χ3n) is 4.14. The second-order valence-electron chi connectivity index (χ2n) is 7.79. The van der Waals surface area contributed by atoms with Crippen LogP contribution in [-0.4, -0.2) is 31.3 Å². The van der Waals surface area contributed by atoms with Gasteiger partial charge < -0.3 is 9.33 Å².